The lowest BCUT2D eigenvalue weighted by molar-refractivity contribution is 0.171. The van der Waals surface area contributed by atoms with Crippen molar-refractivity contribution in [2.24, 2.45) is 0 Å². The first-order valence-corrected chi connectivity index (χ1v) is 6.44. The van der Waals surface area contributed by atoms with Gasteiger partial charge in [-0.1, -0.05) is 0 Å². The molecule has 1 N–H and O–H groups in total. The molecule has 100 valence electrons. The summed E-state index contributed by atoms with van der Waals surface area (Å²) >= 11 is 0. The van der Waals surface area contributed by atoms with E-state index in [-0.39, 0.29) is 6.61 Å². The number of rotatable bonds is 5. The van der Waals surface area contributed by atoms with E-state index in [1.165, 1.54) is 5.56 Å². The molecular weight excluding hydrogens is 230 g/mol. The monoisotopic (exact) mass is 251 g/mol. The lowest BCUT2D eigenvalue weighted by Crippen LogP contribution is -2.21. The second-order valence-electron chi connectivity index (χ2n) is 4.63. The fraction of sp³-hybridized carbons (Fsp3) is 0.571. The van der Waals surface area contributed by atoms with Crippen LogP contribution in [0.3, 0.4) is 0 Å². The number of aryl methyl sites for hydroxylation is 1. The van der Waals surface area contributed by atoms with Gasteiger partial charge in [0.2, 0.25) is 0 Å². The molecule has 0 aromatic heterocycles. The van der Waals surface area contributed by atoms with Crippen LogP contribution in [-0.4, -0.2) is 38.5 Å². The number of hydrogen-bond acceptors (Lipinski definition) is 4. The van der Waals surface area contributed by atoms with Crippen molar-refractivity contribution in [3.05, 3.63) is 17.7 Å². The molecule has 0 radical (unpaired) electrons. The SMILES string of the molecule is Cc1cc2c(cc1N(C)CCCCO)OCCO2. The van der Waals surface area contributed by atoms with E-state index in [9.17, 15) is 0 Å². The zero-order valence-electron chi connectivity index (χ0n) is 11.1. The number of aliphatic hydroxyl groups is 1. The van der Waals surface area contributed by atoms with E-state index in [2.05, 4.69) is 18.9 Å². The van der Waals surface area contributed by atoms with Gasteiger partial charge in [-0.15, -0.1) is 0 Å². The lowest BCUT2D eigenvalue weighted by atomic mass is 10.1. The number of fused-ring (bicyclic) bond motifs is 1. The Morgan fingerprint density at radius 3 is 2.50 bits per heavy atom. The lowest BCUT2D eigenvalue weighted by Gasteiger charge is -2.25. The average molecular weight is 251 g/mol. The van der Waals surface area contributed by atoms with Gasteiger partial charge in [0.25, 0.3) is 0 Å². The van der Waals surface area contributed by atoms with E-state index >= 15 is 0 Å². The molecule has 4 heteroatoms. The Labute approximate surface area is 108 Å². The first-order chi connectivity index (χ1) is 8.72. The molecule has 18 heavy (non-hydrogen) atoms. The maximum Gasteiger partial charge on any atom is 0.163 e. The fourth-order valence-electron chi connectivity index (χ4n) is 2.17. The number of benzene rings is 1. The number of unbranched alkanes of at least 4 members (excludes halogenated alkanes) is 1. The Balaban J connectivity index is 2.12. The molecule has 1 aromatic carbocycles. The zero-order valence-corrected chi connectivity index (χ0v) is 11.1. The van der Waals surface area contributed by atoms with Crippen LogP contribution in [-0.2, 0) is 0 Å². The van der Waals surface area contributed by atoms with Crippen LogP contribution < -0.4 is 14.4 Å². The van der Waals surface area contributed by atoms with E-state index in [0.717, 1.165) is 36.6 Å². The van der Waals surface area contributed by atoms with Gasteiger partial charge < -0.3 is 19.5 Å². The molecule has 0 aliphatic carbocycles. The molecule has 0 atom stereocenters. The molecule has 0 bridgehead atoms. The van der Waals surface area contributed by atoms with E-state index in [4.69, 9.17) is 14.6 Å². The van der Waals surface area contributed by atoms with Crippen molar-refractivity contribution in [2.75, 3.05) is 38.3 Å². The number of anilines is 1. The Hall–Kier alpha value is -1.42. The summed E-state index contributed by atoms with van der Waals surface area (Å²) < 4.78 is 11.2. The summed E-state index contributed by atoms with van der Waals surface area (Å²) in [5, 5.41) is 8.81. The van der Waals surface area contributed by atoms with Gasteiger partial charge in [0.05, 0.1) is 0 Å². The Bertz CT molecular complexity index is 406. The summed E-state index contributed by atoms with van der Waals surface area (Å²) in [7, 11) is 2.07. The third kappa shape index (κ3) is 2.88. The van der Waals surface area contributed by atoms with Gasteiger partial charge in [-0.3, -0.25) is 0 Å². The van der Waals surface area contributed by atoms with Crippen LogP contribution >= 0.6 is 0 Å². The molecule has 1 aliphatic rings. The van der Waals surface area contributed by atoms with Gasteiger partial charge in [0, 0.05) is 32.0 Å². The predicted octanol–water partition coefficient (Wildman–Crippen LogP) is 1.97. The van der Waals surface area contributed by atoms with Crippen molar-refractivity contribution in [2.45, 2.75) is 19.8 Å². The molecular formula is C14H21NO3. The minimum absolute atomic E-state index is 0.258. The van der Waals surface area contributed by atoms with Crippen LogP contribution in [0, 0.1) is 6.92 Å². The standard InChI is InChI=1S/C14H21NO3/c1-11-9-13-14(18-8-7-17-13)10-12(11)15(2)5-3-4-6-16/h9-10,16H,3-8H2,1-2H3. The second kappa shape index (κ2) is 5.96. The fourth-order valence-corrected chi connectivity index (χ4v) is 2.17. The van der Waals surface area contributed by atoms with Crippen LogP contribution in [0.15, 0.2) is 12.1 Å². The van der Waals surface area contributed by atoms with Crippen LogP contribution in [0.5, 0.6) is 11.5 Å². The summed E-state index contributed by atoms with van der Waals surface area (Å²) in [5.74, 6) is 1.67. The third-order valence-corrected chi connectivity index (χ3v) is 3.17. The largest absolute Gasteiger partial charge is 0.486 e. The highest BCUT2D eigenvalue weighted by molar-refractivity contribution is 5.61. The second-order valence-corrected chi connectivity index (χ2v) is 4.63. The minimum atomic E-state index is 0.258. The van der Waals surface area contributed by atoms with Crippen LogP contribution in [0.4, 0.5) is 5.69 Å². The number of ether oxygens (including phenoxy) is 2. The Kier molecular flexibility index (Phi) is 4.31. The Morgan fingerprint density at radius 2 is 1.83 bits per heavy atom. The normalized spacial score (nSPS) is 13.5. The molecule has 0 fully saturated rings. The average Bonchev–Trinajstić information content (AvgIpc) is 2.38. The molecule has 1 aliphatic heterocycles. The third-order valence-electron chi connectivity index (χ3n) is 3.17. The molecule has 0 saturated carbocycles. The van der Waals surface area contributed by atoms with E-state index < -0.39 is 0 Å². The van der Waals surface area contributed by atoms with Gasteiger partial charge in [0.15, 0.2) is 11.5 Å². The highest BCUT2D eigenvalue weighted by atomic mass is 16.6. The highest BCUT2D eigenvalue weighted by Crippen LogP contribution is 2.36. The summed E-state index contributed by atoms with van der Waals surface area (Å²) in [4.78, 5) is 2.20. The van der Waals surface area contributed by atoms with Crippen LogP contribution in [0.1, 0.15) is 18.4 Å². The summed E-state index contributed by atoms with van der Waals surface area (Å²) in [6, 6.07) is 4.08. The van der Waals surface area contributed by atoms with Crippen molar-refractivity contribution in [1.29, 1.82) is 0 Å². The molecule has 2 rings (SSSR count). The van der Waals surface area contributed by atoms with Crippen molar-refractivity contribution in [3.63, 3.8) is 0 Å². The molecule has 0 unspecified atom stereocenters. The predicted molar refractivity (Wildman–Crippen MR) is 71.8 cm³/mol. The quantitative estimate of drug-likeness (QED) is 0.812. The summed E-state index contributed by atoms with van der Waals surface area (Å²) in [6.07, 6.45) is 1.83. The molecule has 0 amide bonds. The van der Waals surface area contributed by atoms with Crippen molar-refractivity contribution >= 4 is 5.69 Å². The first kappa shape index (κ1) is 13.0. The highest BCUT2D eigenvalue weighted by Gasteiger charge is 2.15. The number of nitrogens with zero attached hydrogens (tertiary/aromatic N) is 1. The molecule has 0 saturated heterocycles. The summed E-state index contributed by atoms with van der Waals surface area (Å²) in [6.45, 7) is 4.51. The van der Waals surface area contributed by atoms with E-state index in [1.807, 2.05) is 12.1 Å². The smallest absolute Gasteiger partial charge is 0.163 e. The number of aliphatic hydroxyl groups excluding tert-OH is 1. The zero-order chi connectivity index (χ0) is 13.0. The Morgan fingerprint density at radius 1 is 1.17 bits per heavy atom. The topological polar surface area (TPSA) is 41.9 Å². The maximum absolute atomic E-state index is 8.81. The van der Waals surface area contributed by atoms with Gasteiger partial charge in [-0.25, -0.2) is 0 Å². The molecule has 0 spiro atoms. The van der Waals surface area contributed by atoms with Crippen LogP contribution in [0.2, 0.25) is 0 Å². The van der Waals surface area contributed by atoms with Gasteiger partial charge in [-0.2, -0.15) is 0 Å². The van der Waals surface area contributed by atoms with Gasteiger partial charge in [0.1, 0.15) is 13.2 Å². The summed E-state index contributed by atoms with van der Waals surface area (Å²) in [5.41, 5.74) is 2.35. The molecule has 1 heterocycles. The van der Waals surface area contributed by atoms with Crippen LogP contribution in [0.25, 0.3) is 0 Å². The minimum Gasteiger partial charge on any atom is -0.486 e. The maximum atomic E-state index is 8.81. The van der Waals surface area contributed by atoms with Crippen molar-refractivity contribution in [3.8, 4) is 11.5 Å². The van der Waals surface area contributed by atoms with Gasteiger partial charge in [-0.05, 0) is 31.4 Å². The molecule has 4 nitrogen and oxygen atoms in total. The van der Waals surface area contributed by atoms with E-state index in [0.29, 0.717) is 13.2 Å². The van der Waals surface area contributed by atoms with Crippen molar-refractivity contribution < 1.29 is 14.6 Å². The van der Waals surface area contributed by atoms with Crippen molar-refractivity contribution in [1.82, 2.24) is 0 Å². The number of hydrogen-bond donors (Lipinski definition) is 1. The van der Waals surface area contributed by atoms with E-state index in [1.54, 1.807) is 0 Å². The first-order valence-electron chi connectivity index (χ1n) is 6.44. The molecule has 1 aromatic rings. The van der Waals surface area contributed by atoms with Gasteiger partial charge >= 0.3 is 0 Å².